The van der Waals surface area contributed by atoms with Crippen molar-refractivity contribution in [2.24, 2.45) is 0 Å². The van der Waals surface area contributed by atoms with Crippen LogP contribution >= 0.6 is 15.9 Å². The number of nitrogens with one attached hydrogen (secondary N) is 2. The lowest BCUT2D eigenvalue weighted by atomic mass is 10.3. The number of anilines is 1. The first-order valence-corrected chi connectivity index (χ1v) is 7.62. The number of pyridine rings is 1. The van der Waals surface area contributed by atoms with Gasteiger partial charge in [0.15, 0.2) is 4.67 Å². The van der Waals surface area contributed by atoms with Gasteiger partial charge in [-0.2, -0.15) is 13.2 Å². The molecule has 2 aromatic heterocycles. The molecule has 0 aromatic carbocycles. The molecule has 0 aliphatic heterocycles. The topological polar surface area (TPSA) is 67.2 Å². The molecule has 2 rings (SSSR count). The van der Waals surface area contributed by atoms with Gasteiger partial charge in [0.2, 0.25) is 5.91 Å². The van der Waals surface area contributed by atoms with E-state index in [9.17, 15) is 18.0 Å². The third-order valence-corrected chi connectivity index (χ3v) is 3.24. The van der Waals surface area contributed by atoms with Crippen molar-refractivity contribution in [3.8, 4) is 0 Å². The summed E-state index contributed by atoms with van der Waals surface area (Å²) >= 11 is 3.15. The highest BCUT2D eigenvalue weighted by Crippen LogP contribution is 2.28. The van der Waals surface area contributed by atoms with Crippen molar-refractivity contribution in [2.75, 3.05) is 18.4 Å². The first kappa shape index (κ1) is 18.1. The van der Waals surface area contributed by atoms with Crippen LogP contribution in [0.2, 0.25) is 0 Å². The normalized spacial score (nSPS) is 11.7. The molecule has 0 saturated heterocycles. The third kappa shape index (κ3) is 5.73. The first-order valence-electron chi connectivity index (χ1n) is 6.83. The fraction of sp³-hybridized carbons (Fsp3) is 0.200. The van der Waals surface area contributed by atoms with Crippen LogP contribution in [-0.2, 0) is 11.0 Å². The molecule has 0 radical (unpaired) electrons. The van der Waals surface area contributed by atoms with Gasteiger partial charge in [-0.3, -0.25) is 4.79 Å². The van der Waals surface area contributed by atoms with Crippen molar-refractivity contribution in [3.05, 3.63) is 52.5 Å². The highest BCUT2D eigenvalue weighted by molar-refractivity contribution is 9.10. The molecule has 0 saturated carbocycles. The van der Waals surface area contributed by atoms with Gasteiger partial charge in [-0.15, -0.1) is 0 Å². The van der Waals surface area contributed by atoms with Crippen LogP contribution < -0.4 is 10.6 Å². The maximum atomic E-state index is 12.4. The molecule has 9 heteroatoms. The number of furan rings is 1. The SMILES string of the molecule is O=C(C=Cc1ccc(Br)o1)NCCNc1ccc(C(F)(F)F)cn1. The number of carbonyl (C=O) groups excluding carboxylic acids is 1. The van der Waals surface area contributed by atoms with Crippen LogP contribution in [0.5, 0.6) is 0 Å². The number of rotatable bonds is 6. The monoisotopic (exact) mass is 403 g/mol. The highest BCUT2D eigenvalue weighted by Gasteiger charge is 2.30. The predicted octanol–water partition coefficient (Wildman–Crippen LogP) is 3.70. The summed E-state index contributed by atoms with van der Waals surface area (Å²) in [6.45, 7) is 0.609. The van der Waals surface area contributed by atoms with E-state index in [1.54, 1.807) is 12.1 Å². The molecule has 2 N–H and O–H groups in total. The minimum atomic E-state index is -4.41. The Kier molecular flexibility index (Phi) is 6.02. The Morgan fingerprint density at radius 2 is 2.04 bits per heavy atom. The van der Waals surface area contributed by atoms with E-state index < -0.39 is 11.7 Å². The van der Waals surface area contributed by atoms with E-state index in [2.05, 4.69) is 31.5 Å². The summed E-state index contributed by atoms with van der Waals surface area (Å²) in [5.41, 5.74) is -0.809. The minimum absolute atomic E-state index is 0.285. The molecule has 5 nitrogen and oxygen atoms in total. The molecule has 0 aliphatic carbocycles. The van der Waals surface area contributed by atoms with E-state index in [0.29, 0.717) is 22.8 Å². The molecule has 0 atom stereocenters. The molecule has 0 spiro atoms. The molecule has 0 fully saturated rings. The predicted molar refractivity (Wildman–Crippen MR) is 86.2 cm³/mol. The van der Waals surface area contributed by atoms with E-state index in [0.717, 1.165) is 12.3 Å². The quantitative estimate of drug-likeness (QED) is 0.569. The van der Waals surface area contributed by atoms with Gasteiger partial charge in [-0.25, -0.2) is 4.98 Å². The summed E-state index contributed by atoms with van der Waals surface area (Å²) < 4.78 is 42.9. The Morgan fingerprint density at radius 1 is 1.25 bits per heavy atom. The smallest absolute Gasteiger partial charge is 0.417 e. The van der Waals surface area contributed by atoms with Crippen molar-refractivity contribution in [2.45, 2.75) is 6.18 Å². The average Bonchev–Trinajstić information content (AvgIpc) is 2.95. The van der Waals surface area contributed by atoms with Crippen LogP contribution in [-0.4, -0.2) is 24.0 Å². The number of amides is 1. The number of carbonyl (C=O) groups is 1. The molecule has 24 heavy (non-hydrogen) atoms. The second-order valence-electron chi connectivity index (χ2n) is 4.62. The van der Waals surface area contributed by atoms with E-state index in [4.69, 9.17) is 4.42 Å². The van der Waals surface area contributed by atoms with Gasteiger partial charge in [0.05, 0.1) is 5.56 Å². The number of halogens is 4. The lowest BCUT2D eigenvalue weighted by Crippen LogP contribution is -2.27. The molecule has 2 aromatic rings. The Balaban J connectivity index is 1.70. The largest absolute Gasteiger partial charge is 0.450 e. The summed E-state index contributed by atoms with van der Waals surface area (Å²) in [6.07, 6.45) is -0.812. The zero-order chi connectivity index (χ0) is 17.6. The van der Waals surface area contributed by atoms with Crippen molar-refractivity contribution < 1.29 is 22.4 Å². The van der Waals surface area contributed by atoms with Crippen molar-refractivity contribution in [1.29, 1.82) is 0 Å². The summed E-state index contributed by atoms with van der Waals surface area (Å²) in [4.78, 5) is 15.2. The molecule has 2 heterocycles. The number of alkyl halides is 3. The second kappa shape index (κ2) is 8.00. The second-order valence-corrected chi connectivity index (χ2v) is 5.40. The van der Waals surface area contributed by atoms with Crippen LogP contribution in [0, 0.1) is 0 Å². The van der Waals surface area contributed by atoms with Gasteiger partial charge in [0, 0.05) is 25.4 Å². The summed E-state index contributed by atoms with van der Waals surface area (Å²) in [7, 11) is 0. The minimum Gasteiger partial charge on any atom is -0.450 e. The van der Waals surface area contributed by atoms with E-state index in [1.807, 2.05) is 0 Å². The average molecular weight is 404 g/mol. The van der Waals surface area contributed by atoms with Gasteiger partial charge in [-0.05, 0) is 46.3 Å². The van der Waals surface area contributed by atoms with Gasteiger partial charge >= 0.3 is 6.18 Å². The molecule has 1 amide bonds. The van der Waals surface area contributed by atoms with Crippen LogP contribution in [0.3, 0.4) is 0 Å². The molecular formula is C15H13BrF3N3O2. The van der Waals surface area contributed by atoms with Gasteiger partial charge in [0.25, 0.3) is 0 Å². The van der Waals surface area contributed by atoms with E-state index in [1.165, 1.54) is 18.2 Å². The molecular weight excluding hydrogens is 391 g/mol. The van der Waals surface area contributed by atoms with Crippen molar-refractivity contribution in [1.82, 2.24) is 10.3 Å². The highest BCUT2D eigenvalue weighted by atomic mass is 79.9. The van der Waals surface area contributed by atoms with Gasteiger partial charge in [-0.1, -0.05) is 0 Å². The summed E-state index contributed by atoms with van der Waals surface area (Å²) in [6, 6.07) is 5.59. The molecule has 0 unspecified atom stereocenters. The first-order chi connectivity index (χ1) is 11.3. The van der Waals surface area contributed by atoms with Gasteiger partial charge < -0.3 is 15.1 Å². The van der Waals surface area contributed by atoms with Crippen LogP contribution in [0.25, 0.3) is 6.08 Å². The summed E-state index contributed by atoms with van der Waals surface area (Å²) in [5.74, 6) is 0.516. The maximum absolute atomic E-state index is 12.4. The van der Waals surface area contributed by atoms with E-state index in [-0.39, 0.29) is 12.5 Å². The number of hydrogen-bond donors (Lipinski definition) is 2. The van der Waals surface area contributed by atoms with Crippen LogP contribution in [0.15, 0.2) is 45.6 Å². The number of aromatic nitrogens is 1. The van der Waals surface area contributed by atoms with E-state index >= 15 is 0 Å². The Morgan fingerprint density at radius 3 is 2.62 bits per heavy atom. The van der Waals surface area contributed by atoms with Gasteiger partial charge in [0.1, 0.15) is 11.6 Å². The lowest BCUT2D eigenvalue weighted by molar-refractivity contribution is -0.137. The number of nitrogens with zero attached hydrogens (tertiary/aromatic N) is 1. The maximum Gasteiger partial charge on any atom is 0.417 e. The Bertz CT molecular complexity index is 711. The Labute approximate surface area is 144 Å². The van der Waals surface area contributed by atoms with Crippen LogP contribution in [0.4, 0.5) is 19.0 Å². The van der Waals surface area contributed by atoms with Crippen molar-refractivity contribution >= 4 is 33.7 Å². The lowest BCUT2D eigenvalue weighted by Gasteiger charge is -2.08. The standard InChI is InChI=1S/C15H13BrF3N3O2/c16-12-4-2-11(24-12)3-6-14(23)21-8-7-20-13-5-1-10(9-22-13)15(17,18)19/h1-6,9H,7-8H2,(H,20,22)(H,21,23). The van der Waals surface area contributed by atoms with Crippen LogP contribution in [0.1, 0.15) is 11.3 Å². The van der Waals surface area contributed by atoms with Crippen molar-refractivity contribution in [3.63, 3.8) is 0 Å². The Hall–Kier alpha value is -2.29. The third-order valence-electron chi connectivity index (χ3n) is 2.81. The zero-order valence-electron chi connectivity index (χ0n) is 12.2. The molecule has 0 aliphatic rings. The summed E-state index contributed by atoms with van der Waals surface area (Å²) in [5, 5.41) is 5.43. The zero-order valence-corrected chi connectivity index (χ0v) is 13.8. The fourth-order valence-electron chi connectivity index (χ4n) is 1.68. The fourth-order valence-corrected chi connectivity index (χ4v) is 2.00. The number of hydrogen-bond acceptors (Lipinski definition) is 4. The molecule has 0 bridgehead atoms. The molecule has 128 valence electrons.